The molecule has 1 unspecified atom stereocenters. The number of hydrogen-bond acceptors (Lipinski definition) is 4. The summed E-state index contributed by atoms with van der Waals surface area (Å²) in [7, 11) is 1.61. The second-order valence-corrected chi connectivity index (χ2v) is 4.52. The fourth-order valence-corrected chi connectivity index (χ4v) is 1.79. The molecule has 5 heteroatoms. The molecule has 0 fully saturated rings. The fourth-order valence-electron chi connectivity index (χ4n) is 1.79. The first-order valence-corrected chi connectivity index (χ1v) is 6.66. The van der Waals surface area contributed by atoms with Crippen molar-refractivity contribution in [3.63, 3.8) is 0 Å². The predicted molar refractivity (Wildman–Crippen MR) is 79.2 cm³/mol. The highest BCUT2D eigenvalue weighted by molar-refractivity contribution is 5.80. The van der Waals surface area contributed by atoms with Gasteiger partial charge in [0.2, 0.25) is 0 Å². The highest BCUT2D eigenvalue weighted by atomic mass is 16.5. The number of ether oxygens (including phenoxy) is 2. The minimum atomic E-state index is -0.584. The molecule has 0 aliphatic carbocycles. The van der Waals surface area contributed by atoms with Crippen LogP contribution in [0.2, 0.25) is 0 Å². The predicted octanol–water partition coefficient (Wildman–Crippen LogP) is 2.17. The molecule has 0 aliphatic heterocycles. The van der Waals surface area contributed by atoms with E-state index in [9.17, 15) is 4.79 Å². The number of nitrogens with zero attached hydrogens (tertiary/aromatic N) is 1. The summed E-state index contributed by atoms with van der Waals surface area (Å²) in [5, 5.41) is 2.83. The van der Waals surface area contributed by atoms with Crippen molar-refractivity contribution in [2.24, 2.45) is 0 Å². The molecule has 110 valence electrons. The van der Waals surface area contributed by atoms with E-state index >= 15 is 0 Å². The van der Waals surface area contributed by atoms with Gasteiger partial charge in [0.05, 0.1) is 13.3 Å². The lowest BCUT2D eigenvalue weighted by Crippen LogP contribution is -2.35. The zero-order chi connectivity index (χ0) is 15.1. The molecule has 0 bridgehead atoms. The van der Waals surface area contributed by atoms with Crippen LogP contribution in [0.5, 0.6) is 11.5 Å². The van der Waals surface area contributed by atoms with Gasteiger partial charge in [0.25, 0.3) is 5.91 Å². The first kappa shape index (κ1) is 14.8. The number of nitrogens with one attached hydrogen (secondary N) is 1. The number of pyridine rings is 1. The number of carbonyl (C=O) groups is 1. The number of aromatic nitrogens is 1. The van der Waals surface area contributed by atoms with Gasteiger partial charge in [0.15, 0.2) is 6.10 Å². The van der Waals surface area contributed by atoms with Crippen LogP contribution in [0, 0.1) is 0 Å². The third-order valence-electron chi connectivity index (χ3n) is 2.92. The van der Waals surface area contributed by atoms with Crippen LogP contribution in [-0.2, 0) is 11.3 Å². The first-order chi connectivity index (χ1) is 10.2. The number of rotatable bonds is 6. The molecular formula is C16H18N2O3. The summed E-state index contributed by atoms with van der Waals surface area (Å²) >= 11 is 0. The van der Waals surface area contributed by atoms with E-state index in [0.29, 0.717) is 12.3 Å². The van der Waals surface area contributed by atoms with Gasteiger partial charge in [-0.15, -0.1) is 0 Å². The Bertz CT molecular complexity index is 587. The summed E-state index contributed by atoms with van der Waals surface area (Å²) < 4.78 is 10.7. The Balaban J connectivity index is 1.86. The van der Waals surface area contributed by atoms with Gasteiger partial charge < -0.3 is 14.8 Å². The van der Waals surface area contributed by atoms with Crippen LogP contribution in [0.4, 0.5) is 0 Å². The Labute approximate surface area is 123 Å². The van der Waals surface area contributed by atoms with Crippen LogP contribution in [-0.4, -0.2) is 24.1 Å². The van der Waals surface area contributed by atoms with Gasteiger partial charge in [-0.25, -0.2) is 0 Å². The maximum Gasteiger partial charge on any atom is 0.261 e. The summed E-state index contributed by atoms with van der Waals surface area (Å²) in [5.41, 5.74) is 0.969. The molecule has 1 amide bonds. The third kappa shape index (κ3) is 4.49. The van der Waals surface area contributed by atoms with E-state index in [0.717, 1.165) is 11.3 Å². The van der Waals surface area contributed by atoms with E-state index in [1.165, 1.54) is 0 Å². The number of methoxy groups -OCH3 is 1. The second-order valence-electron chi connectivity index (χ2n) is 4.52. The topological polar surface area (TPSA) is 60.5 Å². The molecule has 0 saturated heterocycles. The van der Waals surface area contributed by atoms with Gasteiger partial charge >= 0.3 is 0 Å². The van der Waals surface area contributed by atoms with Gasteiger partial charge in [-0.05, 0) is 36.8 Å². The smallest absolute Gasteiger partial charge is 0.261 e. The highest BCUT2D eigenvalue weighted by Crippen LogP contribution is 2.12. The van der Waals surface area contributed by atoms with Gasteiger partial charge in [0, 0.05) is 12.7 Å². The molecule has 1 atom stereocenters. The van der Waals surface area contributed by atoms with E-state index in [2.05, 4.69) is 10.3 Å². The molecule has 0 radical (unpaired) electrons. The molecule has 1 aromatic carbocycles. The molecule has 0 aliphatic rings. The Morgan fingerprint density at radius 2 is 2.10 bits per heavy atom. The lowest BCUT2D eigenvalue weighted by Gasteiger charge is -2.14. The van der Waals surface area contributed by atoms with Gasteiger partial charge in [0.1, 0.15) is 11.5 Å². The van der Waals surface area contributed by atoms with Crippen molar-refractivity contribution in [3.05, 3.63) is 54.4 Å². The minimum Gasteiger partial charge on any atom is -0.497 e. The molecule has 2 aromatic rings. The van der Waals surface area contributed by atoms with Crippen molar-refractivity contribution in [2.75, 3.05) is 7.11 Å². The van der Waals surface area contributed by atoms with E-state index in [4.69, 9.17) is 9.47 Å². The molecular weight excluding hydrogens is 268 g/mol. The van der Waals surface area contributed by atoms with Crippen LogP contribution in [0.25, 0.3) is 0 Å². The van der Waals surface area contributed by atoms with Crippen molar-refractivity contribution in [1.82, 2.24) is 10.3 Å². The summed E-state index contributed by atoms with van der Waals surface area (Å²) in [6.07, 6.45) is 2.64. The molecule has 1 heterocycles. The largest absolute Gasteiger partial charge is 0.497 e. The van der Waals surface area contributed by atoms with E-state index in [1.807, 2.05) is 24.3 Å². The molecule has 1 aromatic heterocycles. The standard InChI is InChI=1S/C16H18N2O3/c1-12(21-15-7-4-8-17-11-15)16(19)18-10-13-5-3-6-14(9-13)20-2/h3-9,11-12H,10H2,1-2H3,(H,18,19). The Morgan fingerprint density at radius 1 is 1.29 bits per heavy atom. The molecule has 21 heavy (non-hydrogen) atoms. The third-order valence-corrected chi connectivity index (χ3v) is 2.92. The van der Waals surface area contributed by atoms with Crippen LogP contribution >= 0.6 is 0 Å². The van der Waals surface area contributed by atoms with Crippen molar-refractivity contribution in [1.29, 1.82) is 0 Å². The zero-order valence-corrected chi connectivity index (χ0v) is 12.1. The van der Waals surface area contributed by atoms with Crippen LogP contribution in [0.3, 0.4) is 0 Å². The lowest BCUT2D eigenvalue weighted by atomic mass is 10.2. The second kappa shape index (κ2) is 7.28. The number of benzene rings is 1. The van der Waals surface area contributed by atoms with Gasteiger partial charge in [-0.3, -0.25) is 9.78 Å². The van der Waals surface area contributed by atoms with Crippen LogP contribution < -0.4 is 14.8 Å². The molecule has 0 saturated carbocycles. The minimum absolute atomic E-state index is 0.179. The van der Waals surface area contributed by atoms with Crippen LogP contribution in [0.1, 0.15) is 12.5 Å². The number of carbonyl (C=O) groups excluding carboxylic acids is 1. The Hall–Kier alpha value is -2.56. The average molecular weight is 286 g/mol. The van der Waals surface area contributed by atoms with Gasteiger partial charge in [-0.2, -0.15) is 0 Å². The van der Waals surface area contributed by atoms with E-state index in [-0.39, 0.29) is 5.91 Å². The van der Waals surface area contributed by atoms with Crippen molar-refractivity contribution >= 4 is 5.91 Å². The fraction of sp³-hybridized carbons (Fsp3) is 0.250. The Kier molecular flexibility index (Phi) is 5.15. The van der Waals surface area contributed by atoms with Crippen molar-refractivity contribution < 1.29 is 14.3 Å². The average Bonchev–Trinajstić information content (AvgIpc) is 2.53. The molecule has 2 rings (SSSR count). The zero-order valence-electron chi connectivity index (χ0n) is 12.1. The quantitative estimate of drug-likeness (QED) is 0.884. The number of hydrogen-bond donors (Lipinski definition) is 1. The number of amides is 1. The lowest BCUT2D eigenvalue weighted by molar-refractivity contribution is -0.127. The highest BCUT2D eigenvalue weighted by Gasteiger charge is 2.14. The van der Waals surface area contributed by atoms with Crippen molar-refractivity contribution in [3.8, 4) is 11.5 Å². The molecule has 0 spiro atoms. The first-order valence-electron chi connectivity index (χ1n) is 6.66. The summed E-state index contributed by atoms with van der Waals surface area (Å²) in [6, 6.07) is 11.1. The maximum atomic E-state index is 12.0. The Morgan fingerprint density at radius 3 is 2.81 bits per heavy atom. The van der Waals surface area contributed by atoms with Crippen LogP contribution in [0.15, 0.2) is 48.8 Å². The molecule has 5 nitrogen and oxygen atoms in total. The van der Waals surface area contributed by atoms with Gasteiger partial charge in [-0.1, -0.05) is 12.1 Å². The van der Waals surface area contributed by atoms with E-state index < -0.39 is 6.10 Å². The molecule has 1 N–H and O–H groups in total. The SMILES string of the molecule is COc1cccc(CNC(=O)C(C)Oc2cccnc2)c1. The maximum absolute atomic E-state index is 12.0. The normalized spacial score (nSPS) is 11.5. The summed E-state index contributed by atoms with van der Waals surface area (Å²) in [5.74, 6) is 1.16. The van der Waals surface area contributed by atoms with Crippen molar-refractivity contribution in [2.45, 2.75) is 19.6 Å². The monoisotopic (exact) mass is 286 g/mol. The van der Waals surface area contributed by atoms with E-state index in [1.54, 1.807) is 38.6 Å². The summed E-state index contributed by atoms with van der Waals surface area (Å²) in [6.45, 7) is 2.13. The summed E-state index contributed by atoms with van der Waals surface area (Å²) in [4.78, 5) is 15.9.